The fourth-order valence-corrected chi connectivity index (χ4v) is 1.13. The highest BCUT2D eigenvalue weighted by atomic mass is 16.3. The topological polar surface area (TPSA) is 19.9 Å². The van der Waals surface area contributed by atoms with Crippen LogP contribution in [-0.4, -0.2) is 6.10 Å². The van der Waals surface area contributed by atoms with E-state index in [1.54, 1.807) is 6.92 Å². The largest absolute Gasteiger partial charge is 0.233 e. The van der Waals surface area contributed by atoms with E-state index < -0.39 is 0 Å². The minimum absolute atomic E-state index is 0.367. The van der Waals surface area contributed by atoms with Gasteiger partial charge in [-0.2, -0.15) is 0 Å². The van der Waals surface area contributed by atoms with Gasteiger partial charge in [-0.1, -0.05) is 39.5 Å². The highest BCUT2D eigenvalue weighted by molar-refractivity contribution is 4.58. The lowest BCUT2D eigenvalue weighted by atomic mass is 9.98. The Morgan fingerprint density at radius 2 is 1.73 bits per heavy atom. The molecule has 11 heavy (non-hydrogen) atoms. The summed E-state index contributed by atoms with van der Waals surface area (Å²) in [5, 5.41) is 10.9. The zero-order valence-electron chi connectivity index (χ0n) is 8.10. The van der Waals surface area contributed by atoms with Gasteiger partial charge in [0.05, 0.1) is 6.10 Å². The van der Waals surface area contributed by atoms with Gasteiger partial charge < -0.3 is 0 Å². The Balaban J connectivity index is 3.10. The number of rotatable bonds is 6. The van der Waals surface area contributed by atoms with Crippen LogP contribution < -0.4 is 0 Å². The zero-order chi connectivity index (χ0) is 8.69. The third-order valence-electron chi connectivity index (χ3n) is 2.31. The maximum atomic E-state index is 10.9. The summed E-state index contributed by atoms with van der Waals surface area (Å²) < 4.78 is 0. The molecule has 1 nitrogen and oxygen atoms in total. The van der Waals surface area contributed by atoms with E-state index in [-0.39, 0.29) is 6.10 Å². The fourth-order valence-electron chi connectivity index (χ4n) is 1.13. The molecule has 0 aromatic heterocycles. The van der Waals surface area contributed by atoms with Gasteiger partial charge in [0.15, 0.2) is 0 Å². The average Bonchev–Trinajstić information content (AvgIpc) is 1.97. The van der Waals surface area contributed by atoms with Crippen LogP contribution in [0.4, 0.5) is 0 Å². The van der Waals surface area contributed by atoms with E-state index in [0.717, 1.165) is 6.42 Å². The lowest BCUT2D eigenvalue weighted by Crippen LogP contribution is -2.10. The molecule has 0 saturated heterocycles. The molecule has 0 rings (SSSR count). The van der Waals surface area contributed by atoms with Crippen molar-refractivity contribution in [3.05, 3.63) is 0 Å². The molecule has 0 aliphatic heterocycles. The van der Waals surface area contributed by atoms with Gasteiger partial charge in [0, 0.05) is 0 Å². The Bertz CT molecular complexity index is 78.9. The Morgan fingerprint density at radius 1 is 1.09 bits per heavy atom. The number of hydrogen-bond donors (Lipinski definition) is 0. The molecule has 0 fully saturated rings. The quantitative estimate of drug-likeness (QED) is 0.526. The molecule has 0 aliphatic rings. The summed E-state index contributed by atoms with van der Waals surface area (Å²) in [4.78, 5) is 0. The van der Waals surface area contributed by atoms with Crippen molar-refractivity contribution in [2.75, 3.05) is 0 Å². The molecule has 0 spiro atoms. The van der Waals surface area contributed by atoms with Gasteiger partial charge in [-0.05, 0) is 19.3 Å². The fraction of sp³-hybridized carbons (Fsp3) is 1.00. The van der Waals surface area contributed by atoms with Crippen molar-refractivity contribution in [3.8, 4) is 0 Å². The van der Waals surface area contributed by atoms with Crippen LogP contribution in [0, 0.1) is 5.92 Å². The van der Waals surface area contributed by atoms with Crippen molar-refractivity contribution >= 4 is 0 Å². The van der Waals surface area contributed by atoms with Crippen LogP contribution in [0.2, 0.25) is 0 Å². The first-order chi connectivity index (χ1) is 5.18. The van der Waals surface area contributed by atoms with E-state index in [1.807, 2.05) is 0 Å². The molecule has 67 valence electrons. The molecule has 2 atom stereocenters. The first-order valence-electron chi connectivity index (χ1n) is 4.84. The maximum Gasteiger partial charge on any atom is 0.0927 e. The summed E-state index contributed by atoms with van der Waals surface area (Å²) in [6, 6.07) is 0. The average molecular weight is 157 g/mol. The molecule has 0 aromatic carbocycles. The Labute approximate surface area is 70.8 Å². The van der Waals surface area contributed by atoms with Crippen LogP contribution in [-0.2, 0) is 5.11 Å². The SMILES string of the molecule is CCCCCCC(C)C(C)[O]. The second-order valence-electron chi connectivity index (χ2n) is 3.53. The predicted octanol–water partition coefficient (Wildman–Crippen LogP) is 3.41. The molecule has 0 aliphatic carbocycles. The Kier molecular flexibility index (Phi) is 6.63. The van der Waals surface area contributed by atoms with Gasteiger partial charge in [-0.25, -0.2) is 5.11 Å². The van der Waals surface area contributed by atoms with Crippen LogP contribution in [0.3, 0.4) is 0 Å². The molecule has 0 N–H and O–H groups in total. The smallest absolute Gasteiger partial charge is 0.0927 e. The van der Waals surface area contributed by atoms with Gasteiger partial charge >= 0.3 is 0 Å². The highest BCUT2D eigenvalue weighted by Crippen LogP contribution is 2.13. The Morgan fingerprint density at radius 3 is 2.18 bits per heavy atom. The van der Waals surface area contributed by atoms with Gasteiger partial charge in [0.2, 0.25) is 0 Å². The monoisotopic (exact) mass is 157 g/mol. The van der Waals surface area contributed by atoms with Crippen LogP contribution in [0.25, 0.3) is 0 Å². The lowest BCUT2D eigenvalue weighted by molar-refractivity contribution is 0.0546. The summed E-state index contributed by atoms with van der Waals surface area (Å²) in [6.45, 7) is 6.04. The summed E-state index contributed by atoms with van der Waals surface area (Å²) in [5.74, 6) is 0.367. The normalized spacial score (nSPS) is 16.4. The zero-order valence-corrected chi connectivity index (χ0v) is 8.10. The molecule has 0 saturated carbocycles. The molecule has 0 bridgehead atoms. The second kappa shape index (κ2) is 6.66. The van der Waals surface area contributed by atoms with Crippen molar-refractivity contribution in [2.24, 2.45) is 5.92 Å². The third-order valence-corrected chi connectivity index (χ3v) is 2.31. The minimum atomic E-state index is -0.378. The van der Waals surface area contributed by atoms with Gasteiger partial charge in [0.1, 0.15) is 0 Å². The van der Waals surface area contributed by atoms with Gasteiger partial charge in [-0.15, -0.1) is 0 Å². The molecular formula is C10H21O. The molecule has 0 heterocycles. The third kappa shape index (κ3) is 6.36. The van der Waals surface area contributed by atoms with Crippen molar-refractivity contribution in [3.63, 3.8) is 0 Å². The van der Waals surface area contributed by atoms with Crippen molar-refractivity contribution in [2.45, 2.75) is 59.0 Å². The molecular weight excluding hydrogens is 136 g/mol. The second-order valence-corrected chi connectivity index (χ2v) is 3.53. The van der Waals surface area contributed by atoms with E-state index in [1.165, 1.54) is 25.7 Å². The number of unbranched alkanes of at least 4 members (excludes halogenated alkanes) is 3. The van der Waals surface area contributed by atoms with E-state index >= 15 is 0 Å². The predicted molar refractivity (Wildman–Crippen MR) is 48.1 cm³/mol. The molecule has 0 aromatic rings. The van der Waals surface area contributed by atoms with E-state index in [0.29, 0.717) is 5.92 Å². The highest BCUT2D eigenvalue weighted by Gasteiger charge is 2.08. The lowest BCUT2D eigenvalue weighted by Gasteiger charge is -2.11. The summed E-state index contributed by atoms with van der Waals surface area (Å²) in [7, 11) is 0. The Hall–Kier alpha value is -0.0400. The first-order valence-corrected chi connectivity index (χ1v) is 4.84. The molecule has 2 unspecified atom stereocenters. The summed E-state index contributed by atoms with van der Waals surface area (Å²) in [5.41, 5.74) is 0. The minimum Gasteiger partial charge on any atom is -0.233 e. The number of hydrogen-bond acceptors (Lipinski definition) is 0. The first kappa shape index (κ1) is 11.0. The van der Waals surface area contributed by atoms with Crippen LogP contribution >= 0.6 is 0 Å². The molecule has 1 radical (unpaired) electrons. The van der Waals surface area contributed by atoms with Crippen LogP contribution in [0.5, 0.6) is 0 Å². The molecule has 1 heteroatoms. The molecule has 0 amide bonds. The van der Waals surface area contributed by atoms with Gasteiger partial charge in [-0.3, -0.25) is 0 Å². The van der Waals surface area contributed by atoms with E-state index in [2.05, 4.69) is 13.8 Å². The van der Waals surface area contributed by atoms with Crippen molar-refractivity contribution in [1.82, 2.24) is 0 Å². The van der Waals surface area contributed by atoms with E-state index in [4.69, 9.17) is 0 Å². The van der Waals surface area contributed by atoms with Crippen molar-refractivity contribution < 1.29 is 5.11 Å². The standard InChI is InChI=1S/C10H21O/c1-4-5-6-7-8-9(2)10(3)11/h9-10H,4-8H2,1-3H3. The van der Waals surface area contributed by atoms with Gasteiger partial charge in [0.25, 0.3) is 0 Å². The van der Waals surface area contributed by atoms with Crippen molar-refractivity contribution in [1.29, 1.82) is 0 Å². The van der Waals surface area contributed by atoms with Crippen LogP contribution in [0.15, 0.2) is 0 Å². The maximum absolute atomic E-state index is 10.9. The summed E-state index contributed by atoms with van der Waals surface area (Å²) >= 11 is 0. The van der Waals surface area contributed by atoms with Crippen LogP contribution in [0.1, 0.15) is 52.9 Å². The van der Waals surface area contributed by atoms with E-state index in [9.17, 15) is 5.11 Å². The summed E-state index contributed by atoms with van der Waals surface area (Å²) in [6.07, 6.45) is 5.87.